The molecule has 4 rings (SSSR count). The minimum atomic E-state index is -0.714. The summed E-state index contributed by atoms with van der Waals surface area (Å²) in [6.07, 6.45) is 1.87. The van der Waals surface area contributed by atoms with Crippen LogP contribution in [0.5, 0.6) is 0 Å². The van der Waals surface area contributed by atoms with Crippen molar-refractivity contribution < 1.29 is 14.0 Å². The van der Waals surface area contributed by atoms with Gasteiger partial charge in [-0.05, 0) is 55.2 Å². The Bertz CT molecular complexity index is 1170. The van der Waals surface area contributed by atoms with Crippen molar-refractivity contribution in [3.8, 4) is 5.69 Å². The number of likely N-dealkylation sites (tertiary alicyclic amines) is 1. The average Bonchev–Trinajstić information content (AvgIpc) is 2.77. The zero-order chi connectivity index (χ0) is 22.0. The standard InChI is InChI=1S/C23H25FN4O3/c1-15-3-5-17(22(29)26-31-2)12-21(15)28-14-25-20-6-4-16(11-19(20)23(28)30)13-27-9-7-18(24)8-10-27/h3-6,11-12,14,18H,7-10,13H2,1-2H3,(H,26,29). The molecule has 1 saturated heterocycles. The van der Waals surface area contributed by atoms with Gasteiger partial charge in [-0.2, -0.15) is 0 Å². The number of carbonyl (C=O) groups excluding carboxylic acids is 1. The second kappa shape index (κ2) is 8.95. The number of hydroxylamine groups is 1. The van der Waals surface area contributed by atoms with E-state index >= 15 is 0 Å². The molecule has 0 unspecified atom stereocenters. The SMILES string of the molecule is CONC(=O)c1ccc(C)c(-n2cnc3ccc(CN4CCC(F)CC4)cc3c2=O)c1. The molecule has 1 fully saturated rings. The Morgan fingerprint density at radius 2 is 2.00 bits per heavy atom. The van der Waals surface area contributed by atoms with E-state index in [4.69, 9.17) is 4.84 Å². The minimum Gasteiger partial charge on any atom is -0.299 e. The van der Waals surface area contributed by atoms with Crippen LogP contribution in [-0.2, 0) is 11.4 Å². The Hall–Kier alpha value is -3.10. The fourth-order valence-corrected chi connectivity index (χ4v) is 3.92. The van der Waals surface area contributed by atoms with Crippen molar-refractivity contribution >= 4 is 16.8 Å². The van der Waals surface area contributed by atoms with Gasteiger partial charge in [-0.15, -0.1) is 0 Å². The molecule has 1 aliphatic rings. The second-order valence-corrected chi connectivity index (χ2v) is 7.86. The molecular formula is C23H25FN4O3. The highest BCUT2D eigenvalue weighted by atomic mass is 19.1. The number of halogens is 1. The second-order valence-electron chi connectivity index (χ2n) is 7.86. The van der Waals surface area contributed by atoms with Gasteiger partial charge in [-0.3, -0.25) is 23.9 Å². The number of aryl methyl sites for hydroxylation is 1. The molecule has 31 heavy (non-hydrogen) atoms. The molecule has 1 aliphatic heterocycles. The van der Waals surface area contributed by atoms with E-state index in [0.717, 1.165) is 11.1 Å². The van der Waals surface area contributed by atoms with Crippen molar-refractivity contribution in [3.63, 3.8) is 0 Å². The van der Waals surface area contributed by atoms with Gasteiger partial charge in [0.25, 0.3) is 11.5 Å². The van der Waals surface area contributed by atoms with E-state index in [1.165, 1.54) is 18.0 Å². The molecule has 2 heterocycles. The van der Waals surface area contributed by atoms with Crippen molar-refractivity contribution in [3.05, 3.63) is 69.8 Å². The quantitative estimate of drug-likeness (QED) is 0.638. The topological polar surface area (TPSA) is 76.5 Å². The Morgan fingerprint density at radius 3 is 2.74 bits per heavy atom. The Labute approximate surface area is 179 Å². The van der Waals surface area contributed by atoms with Gasteiger partial charge in [-0.1, -0.05) is 12.1 Å². The molecule has 2 aromatic carbocycles. The molecule has 162 valence electrons. The monoisotopic (exact) mass is 424 g/mol. The third-order valence-corrected chi connectivity index (χ3v) is 5.67. The summed E-state index contributed by atoms with van der Waals surface area (Å²) in [5.41, 5.74) is 5.47. The molecule has 3 aromatic rings. The predicted molar refractivity (Wildman–Crippen MR) is 116 cm³/mol. The van der Waals surface area contributed by atoms with Crippen LogP contribution >= 0.6 is 0 Å². The van der Waals surface area contributed by atoms with Crippen molar-refractivity contribution in [2.75, 3.05) is 20.2 Å². The van der Waals surface area contributed by atoms with Crippen LogP contribution in [0.3, 0.4) is 0 Å². The molecule has 0 radical (unpaired) electrons. The van der Waals surface area contributed by atoms with E-state index in [1.807, 2.05) is 25.1 Å². The average molecular weight is 424 g/mol. The lowest BCUT2D eigenvalue weighted by Crippen LogP contribution is -2.33. The third kappa shape index (κ3) is 4.50. The fraction of sp³-hybridized carbons (Fsp3) is 0.348. The Morgan fingerprint density at radius 1 is 1.23 bits per heavy atom. The van der Waals surface area contributed by atoms with Gasteiger partial charge < -0.3 is 0 Å². The van der Waals surface area contributed by atoms with Gasteiger partial charge in [0.15, 0.2) is 0 Å². The summed E-state index contributed by atoms with van der Waals surface area (Å²) in [4.78, 5) is 36.8. The van der Waals surface area contributed by atoms with E-state index in [0.29, 0.717) is 54.6 Å². The lowest BCUT2D eigenvalue weighted by molar-refractivity contribution is 0.0537. The maximum atomic E-state index is 13.4. The molecule has 0 spiro atoms. The van der Waals surface area contributed by atoms with Crippen molar-refractivity contribution in [2.45, 2.75) is 32.5 Å². The van der Waals surface area contributed by atoms with Crippen LogP contribution in [0.1, 0.15) is 34.3 Å². The summed E-state index contributed by atoms with van der Waals surface area (Å²) < 4.78 is 14.9. The summed E-state index contributed by atoms with van der Waals surface area (Å²) in [7, 11) is 1.36. The fourth-order valence-electron chi connectivity index (χ4n) is 3.92. The highest BCUT2D eigenvalue weighted by Crippen LogP contribution is 2.19. The number of carbonyl (C=O) groups is 1. The molecule has 1 N–H and O–H groups in total. The van der Waals surface area contributed by atoms with E-state index in [1.54, 1.807) is 18.2 Å². The van der Waals surface area contributed by atoms with Crippen LogP contribution in [0, 0.1) is 6.92 Å². The Balaban J connectivity index is 1.70. The summed E-state index contributed by atoms with van der Waals surface area (Å²) >= 11 is 0. The summed E-state index contributed by atoms with van der Waals surface area (Å²) in [5, 5.41) is 0.506. The van der Waals surface area contributed by atoms with Gasteiger partial charge in [0, 0.05) is 25.2 Å². The van der Waals surface area contributed by atoms with Crippen molar-refractivity contribution in [1.82, 2.24) is 19.9 Å². The molecule has 0 bridgehead atoms. The maximum absolute atomic E-state index is 13.4. The number of hydrogen-bond acceptors (Lipinski definition) is 5. The van der Waals surface area contributed by atoms with E-state index in [-0.39, 0.29) is 5.56 Å². The number of benzene rings is 2. The van der Waals surface area contributed by atoms with Crippen LogP contribution < -0.4 is 11.0 Å². The van der Waals surface area contributed by atoms with Gasteiger partial charge in [0.1, 0.15) is 12.5 Å². The summed E-state index contributed by atoms with van der Waals surface area (Å²) in [5.74, 6) is -0.398. The van der Waals surface area contributed by atoms with Crippen LogP contribution in [-0.4, -0.2) is 46.7 Å². The maximum Gasteiger partial charge on any atom is 0.274 e. The van der Waals surface area contributed by atoms with Crippen LogP contribution in [0.25, 0.3) is 16.6 Å². The van der Waals surface area contributed by atoms with E-state index in [2.05, 4.69) is 15.4 Å². The number of amides is 1. The molecule has 8 heteroatoms. The largest absolute Gasteiger partial charge is 0.299 e. The lowest BCUT2D eigenvalue weighted by atomic mass is 10.1. The van der Waals surface area contributed by atoms with Gasteiger partial charge >= 0.3 is 0 Å². The summed E-state index contributed by atoms with van der Waals surface area (Å²) in [6.45, 7) is 3.97. The third-order valence-electron chi connectivity index (χ3n) is 5.67. The first-order chi connectivity index (χ1) is 15.0. The lowest BCUT2D eigenvalue weighted by Gasteiger charge is -2.28. The molecule has 1 amide bonds. The van der Waals surface area contributed by atoms with Crippen LogP contribution in [0.4, 0.5) is 4.39 Å². The normalized spacial score (nSPS) is 15.3. The zero-order valence-corrected chi connectivity index (χ0v) is 17.6. The number of nitrogens with one attached hydrogen (secondary N) is 1. The van der Waals surface area contributed by atoms with Crippen molar-refractivity contribution in [1.29, 1.82) is 0 Å². The molecule has 0 atom stereocenters. The highest BCUT2D eigenvalue weighted by molar-refractivity contribution is 5.94. The van der Waals surface area contributed by atoms with E-state index < -0.39 is 12.1 Å². The molecule has 0 aliphatic carbocycles. The number of hydrogen-bond donors (Lipinski definition) is 1. The summed E-state index contributed by atoms with van der Waals surface area (Å²) in [6, 6.07) is 10.8. The van der Waals surface area contributed by atoms with Gasteiger partial charge in [0.05, 0.1) is 23.7 Å². The first-order valence-corrected chi connectivity index (χ1v) is 10.3. The van der Waals surface area contributed by atoms with Crippen molar-refractivity contribution in [2.24, 2.45) is 0 Å². The number of fused-ring (bicyclic) bond motifs is 1. The van der Waals surface area contributed by atoms with E-state index in [9.17, 15) is 14.0 Å². The smallest absolute Gasteiger partial charge is 0.274 e. The molecule has 1 aromatic heterocycles. The number of nitrogens with zero attached hydrogens (tertiary/aromatic N) is 3. The van der Waals surface area contributed by atoms with Gasteiger partial charge in [-0.25, -0.2) is 14.9 Å². The Kier molecular flexibility index (Phi) is 6.11. The molecule has 7 nitrogen and oxygen atoms in total. The number of piperidine rings is 1. The molecular weight excluding hydrogens is 399 g/mol. The highest BCUT2D eigenvalue weighted by Gasteiger charge is 2.19. The first kappa shape index (κ1) is 21.1. The number of rotatable bonds is 5. The minimum absolute atomic E-state index is 0.207. The number of aromatic nitrogens is 2. The first-order valence-electron chi connectivity index (χ1n) is 10.3. The zero-order valence-electron chi connectivity index (χ0n) is 17.6. The van der Waals surface area contributed by atoms with Gasteiger partial charge in [0.2, 0.25) is 0 Å². The molecule has 0 saturated carbocycles. The number of alkyl halides is 1. The van der Waals surface area contributed by atoms with Crippen LogP contribution in [0.15, 0.2) is 47.5 Å². The predicted octanol–water partition coefficient (Wildman–Crippen LogP) is 2.92. The van der Waals surface area contributed by atoms with Crippen LogP contribution in [0.2, 0.25) is 0 Å².